The van der Waals surface area contributed by atoms with Gasteiger partial charge in [0.2, 0.25) is 5.91 Å². The highest BCUT2D eigenvalue weighted by Crippen LogP contribution is 2.20. The molecule has 0 aliphatic carbocycles. The predicted octanol–water partition coefficient (Wildman–Crippen LogP) is 3.03. The van der Waals surface area contributed by atoms with Crippen LogP contribution in [0.5, 0.6) is 0 Å². The first kappa shape index (κ1) is 17.7. The fourth-order valence-corrected chi connectivity index (χ4v) is 2.81. The Labute approximate surface area is 152 Å². The highest BCUT2D eigenvalue weighted by molar-refractivity contribution is 6.30. The largest absolute Gasteiger partial charge is 0.420 e. The summed E-state index contributed by atoms with van der Waals surface area (Å²) in [4.78, 5) is 34.5. The molecule has 134 valence electrons. The first-order valence-corrected chi connectivity index (χ1v) is 8.05. The topological polar surface area (TPSA) is 107 Å². The number of non-ortho nitro benzene ring substituents is 1. The van der Waals surface area contributed by atoms with Gasteiger partial charge < -0.3 is 9.73 Å². The molecule has 1 atom stereocenters. The average molecular weight is 376 g/mol. The van der Waals surface area contributed by atoms with E-state index < -0.39 is 16.6 Å². The molecule has 0 saturated carbocycles. The van der Waals surface area contributed by atoms with Crippen LogP contribution >= 0.6 is 11.6 Å². The molecular weight excluding hydrogens is 362 g/mol. The highest BCUT2D eigenvalue weighted by atomic mass is 35.5. The number of oxazole rings is 1. The second-order valence-corrected chi connectivity index (χ2v) is 6.14. The van der Waals surface area contributed by atoms with Crippen LogP contribution < -0.4 is 11.1 Å². The lowest BCUT2D eigenvalue weighted by atomic mass is 10.1. The van der Waals surface area contributed by atoms with Crippen LogP contribution in [0.2, 0.25) is 5.02 Å². The number of amides is 1. The normalized spacial score (nSPS) is 12.1. The third kappa shape index (κ3) is 3.60. The molecule has 9 heteroatoms. The standard InChI is InChI=1S/C17H14ClN3O5/c1-10(11-3-2-4-12(18)7-11)19-16(22)9-20-14-6-5-13(21(24)25)8-15(14)26-17(20)23/h2-8,10H,9H2,1H3,(H,19,22). The summed E-state index contributed by atoms with van der Waals surface area (Å²) in [6.45, 7) is 1.53. The Balaban J connectivity index is 1.80. The van der Waals surface area contributed by atoms with Crippen LogP contribution in [0.25, 0.3) is 11.1 Å². The molecule has 0 aliphatic heterocycles. The van der Waals surface area contributed by atoms with Gasteiger partial charge in [-0.15, -0.1) is 0 Å². The van der Waals surface area contributed by atoms with E-state index >= 15 is 0 Å². The van der Waals surface area contributed by atoms with Crippen molar-refractivity contribution in [1.82, 2.24) is 9.88 Å². The van der Waals surface area contributed by atoms with Gasteiger partial charge in [0.05, 0.1) is 22.5 Å². The number of halogens is 1. The lowest BCUT2D eigenvalue weighted by Gasteiger charge is -2.14. The molecule has 1 unspecified atom stereocenters. The van der Waals surface area contributed by atoms with E-state index in [1.165, 1.54) is 12.1 Å². The number of nitro groups is 1. The minimum atomic E-state index is -0.758. The van der Waals surface area contributed by atoms with E-state index in [4.69, 9.17) is 16.0 Å². The van der Waals surface area contributed by atoms with Crippen LogP contribution in [-0.4, -0.2) is 15.4 Å². The summed E-state index contributed by atoms with van der Waals surface area (Å²) in [5.74, 6) is -1.16. The minimum Gasteiger partial charge on any atom is -0.407 e. The van der Waals surface area contributed by atoms with E-state index in [2.05, 4.69) is 5.32 Å². The number of carbonyl (C=O) groups is 1. The maximum atomic E-state index is 12.3. The minimum absolute atomic E-state index is 0.0555. The quantitative estimate of drug-likeness (QED) is 0.544. The Kier molecular flexibility index (Phi) is 4.77. The average Bonchev–Trinajstić information content (AvgIpc) is 2.89. The molecule has 1 aromatic heterocycles. The Bertz CT molecular complexity index is 1060. The molecule has 26 heavy (non-hydrogen) atoms. The summed E-state index contributed by atoms with van der Waals surface area (Å²) in [6.07, 6.45) is 0. The fourth-order valence-electron chi connectivity index (χ4n) is 2.61. The Morgan fingerprint density at radius 2 is 2.12 bits per heavy atom. The number of hydrogen-bond donors (Lipinski definition) is 1. The van der Waals surface area contributed by atoms with Crippen molar-refractivity contribution in [3.05, 3.63) is 73.7 Å². The van der Waals surface area contributed by atoms with Crippen LogP contribution in [0.1, 0.15) is 18.5 Å². The monoisotopic (exact) mass is 375 g/mol. The van der Waals surface area contributed by atoms with Crippen molar-refractivity contribution in [3.8, 4) is 0 Å². The van der Waals surface area contributed by atoms with Gasteiger partial charge in [-0.05, 0) is 30.7 Å². The summed E-state index contributed by atoms with van der Waals surface area (Å²) in [7, 11) is 0. The second kappa shape index (κ2) is 7.01. The molecule has 0 aliphatic rings. The molecule has 2 aromatic carbocycles. The molecular formula is C17H14ClN3O5. The lowest BCUT2D eigenvalue weighted by molar-refractivity contribution is -0.384. The van der Waals surface area contributed by atoms with Gasteiger partial charge in [0.1, 0.15) is 6.54 Å². The van der Waals surface area contributed by atoms with Gasteiger partial charge in [0.25, 0.3) is 5.69 Å². The zero-order valence-electron chi connectivity index (χ0n) is 13.6. The summed E-state index contributed by atoms with van der Waals surface area (Å²) >= 11 is 5.94. The summed E-state index contributed by atoms with van der Waals surface area (Å²) in [5.41, 5.74) is 0.995. The Hall–Kier alpha value is -3.13. The molecule has 0 fully saturated rings. The van der Waals surface area contributed by atoms with Gasteiger partial charge in [0.15, 0.2) is 5.58 Å². The van der Waals surface area contributed by atoms with Gasteiger partial charge in [-0.2, -0.15) is 0 Å². The molecule has 1 amide bonds. The number of carbonyl (C=O) groups excluding carboxylic acids is 1. The van der Waals surface area contributed by atoms with Gasteiger partial charge in [0, 0.05) is 11.1 Å². The molecule has 0 saturated heterocycles. The van der Waals surface area contributed by atoms with Crippen molar-refractivity contribution in [1.29, 1.82) is 0 Å². The second-order valence-electron chi connectivity index (χ2n) is 5.71. The smallest absolute Gasteiger partial charge is 0.407 e. The summed E-state index contributed by atoms with van der Waals surface area (Å²) in [5, 5.41) is 14.1. The van der Waals surface area contributed by atoms with Crippen LogP contribution in [0.15, 0.2) is 51.7 Å². The molecule has 3 rings (SSSR count). The zero-order valence-corrected chi connectivity index (χ0v) is 14.4. The van der Waals surface area contributed by atoms with E-state index in [0.29, 0.717) is 10.5 Å². The summed E-state index contributed by atoms with van der Waals surface area (Å²) < 4.78 is 6.13. The summed E-state index contributed by atoms with van der Waals surface area (Å²) in [6, 6.07) is 10.6. The van der Waals surface area contributed by atoms with E-state index in [0.717, 1.165) is 16.2 Å². The van der Waals surface area contributed by atoms with Crippen LogP contribution in [0, 0.1) is 10.1 Å². The van der Waals surface area contributed by atoms with Gasteiger partial charge in [-0.25, -0.2) is 4.79 Å². The van der Waals surface area contributed by atoms with Gasteiger partial charge in [-0.1, -0.05) is 23.7 Å². The molecule has 0 radical (unpaired) electrons. The van der Waals surface area contributed by atoms with Crippen molar-refractivity contribution < 1.29 is 14.1 Å². The fraction of sp³-hybridized carbons (Fsp3) is 0.176. The first-order chi connectivity index (χ1) is 12.3. The van der Waals surface area contributed by atoms with Crippen molar-refractivity contribution >= 4 is 34.3 Å². The van der Waals surface area contributed by atoms with Gasteiger partial charge >= 0.3 is 5.76 Å². The number of rotatable bonds is 5. The highest BCUT2D eigenvalue weighted by Gasteiger charge is 2.17. The van der Waals surface area contributed by atoms with Crippen molar-refractivity contribution in [2.75, 3.05) is 0 Å². The van der Waals surface area contributed by atoms with Crippen LogP contribution in [-0.2, 0) is 11.3 Å². The van der Waals surface area contributed by atoms with Crippen molar-refractivity contribution in [3.63, 3.8) is 0 Å². The van der Waals surface area contributed by atoms with E-state index in [-0.39, 0.29) is 23.9 Å². The number of aromatic nitrogens is 1. The molecule has 0 bridgehead atoms. The SMILES string of the molecule is CC(NC(=O)Cn1c(=O)oc2cc([N+](=O)[O-])ccc21)c1cccc(Cl)c1. The van der Waals surface area contributed by atoms with Crippen LogP contribution in [0.4, 0.5) is 5.69 Å². The predicted molar refractivity (Wildman–Crippen MR) is 95.1 cm³/mol. The van der Waals surface area contributed by atoms with Crippen molar-refractivity contribution in [2.24, 2.45) is 0 Å². The van der Waals surface area contributed by atoms with E-state index in [1.54, 1.807) is 25.1 Å². The number of nitrogens with zero attached hydrogens (tertiary/aromatic N) is 2. The molecule has 0 spiro atoms. The molecule has 1 heterocycles. The number of hydrogen-bond acceptors (Lipinski definition) is 5. The van der Waals surface area contributed by atoms with E-state index in [1.807, 2.05) is 6.07 Å². The number of fused-ring (bicyclic) bond motifs is 1. The third-order valence-corrected chi connectivity index (χ3v) is 4.13. The van der Waals surface area contributed by atoms with Crippen molar-refractivity contribution in [2.45, 2.75) is 19.5 Å². The molecule has 8 nitrogen and oxygen atoms in total. The maximum Gasteiger partial charge on any atom is 0.420 e. The first-order valence-electron chi connectivity index (χ1n) is 7.68. The van der Waals surface area contributed by atoms with Gasteiger partial charge in [-0.3, -0.25) is 19.5 Å². The Morgan fingerprint density at radius 1 is 1.35 bits per heavy atom. The lowest BCUT2D eigenvalue weighted by Crippen LogP contribution is -2.32. The number of nitrogens with one attached hydrogen (secondary N) is 1. The number of benzene rings is 2. The molecule has 3 aromatic rings. The van der Waals surface area contributed by atoms with Crippen LogP contribution in [0.3, 0.4) is 0 Å². The molecule has 1 N–H and O–H groups in total. The number of nitro benzene ring substituents is 1. The Morgan fingerprint density at radius 3 is 2.81 bits per heavy atom. The maximum absolute atomic E-state index is 12.3. The zero-order chi connectivity index (χ0) is 18.8. The van der Waals surface area contributed by atoms with E-state index in [9.17, 15) is 19.7 Å². The third-order valence-electron chi connectivity index (χ3n) is 3.89.